The molecular formula is C27H31N7O2. The summed E-state index contributed by atoms with van der Waals surface area (Å²) < 4.78 is 3.51. The standard InChI is InChI=1S/C27H31N7O2/c1-2-3-9-20-18-34(24-12-5-4-6-13-25(24)35)27(36)33(20)17-19-14-15-23(28-16-19)21-10-7-8-11-22(21)26-29-31-32-30-26/h7-8,10-11,14-16,18,24H,2-6,9,12-13,17H2,1H3,(H,29,30,31,32). The maximum absolute atomic E-state index is 13.5. The van der Waals surface area contributed by atoms with E-state index >= 15 is 0 Å². The predicted octanol–water partition coefficient (Wildman–Crippen LogP) is 4.36. The van der Waals surface area contributed by atoms with E-state index in [1.54, 1.807) is 4.57 Å². The van der Waals surface area contributed by atoms with Crippen LogP contribution in [-0.4, -0.2) is 40.5 Å². The third-order valence-electron chi connectivity index (χ3n) is 6.95. The Bertz CT molecular complexity index is 1370. The monoisotopic (exact) mass is 485 g/mol. The highest BCUT2D eigenvalue weighted by Crippen LogP contribution is 2.28. The van der Waals surface area contributed by atoms with Gasteiger partial charge in [0, 0.05) is 35.6 Å². The molecule has 1 aliphatic rings. The van der Waals surface area contributed by atoms with Gasteiger partial charge in [-0.2, -0.15) is 0 Å². The van der Waals surface area contributed by atoms with E-state index in [-0.39, 0.29) is 17.5 Å². The second kappa shape index (κ2) is 10.8. The molecule has 0 radical (unpaired) electrons. The first kappa shape index (κ1) is 23.8. The number of Topliss-reactive ketones (excluding diaryl/α,β-unsaturated/α-hetero) is 1. The first-order valence-corrected chi connectivity index (χ1v) is 12.8. The summed E-state index contributed by atoms with van der Waals surface area (Å²) >= 11 is 0. The van der Waals surface area contributed by atoms with E-state index in [1.165, 1.54) is 0 Å². The maximum Gasteiger partial charge on any atom is 0.329 e. The minimum absolute atomic E-state index is 0.103. The van der Waals surface area contributed by atoms with Crippen molar-refractivity contribution in [2.24, 2.45) is 0 Å². The van der Waals surface area contributed by atoms with Crippen molar-refractivity contribution in [3.8, 4) is 22.6 Å². The smallest absolute Gasteiger partial charge is 0.297 e. The van der Waals surface area contributed by atoms with Crippen molar-refractivity contribution < 1.29 is 4.79 Å². The number of aromatic amines is 1. The van der Waals surface area contributed by atoms with Gasteiger partial charge in [0.05, 0.1) is 18.3 Å². The minimum Gasteiger partial charge on any atom is -0.297 e. The summed E-state index contributed by atoms with van der Waals surface area (Å²) in [4.78, 5) is 31.0. The van der Waals surface area contributed by atoms with Crippen LogP contribution in [0.3, 0.4) is 0 Å². The summed E-state index contributed by atoms with van der Waals surface area (Å²) in [5.74, 6) is 0.762. The molecule has 4 aromatic rings. The number of pyridine rings is 1. The summed E-state index contributed by atoms with van der Waals surface area (Å²) in [5, 5.41) is 14.2. The van der Waals surface area contributed by atoms with E-state index in [9.17, 15) is 9.59 Å². The number of aromatic nitrogens is 7. The SMILES string of the molecule is CCCCc1cn(C2CCCCCC2=O)c(=O)n1Cc1ccc(-c2ccccc2-c2nnn[nH]2)nc1. The molecule has 9 nitrogen and oxygen atoms in total. The van der Waals surface area contributed by atoms with Crippen LogP contribution >= 0.6 is 0 Å². The molecule has 0 saturated heterocycles. The number of H-pyrrole nitrogens is 1. The molecule has 0 spiro atoms. The van der Waals surface area contributed by atoms with E-state index < -0.39 is 0 Å². The number of rotatable bonds is 8. The van der Waals surface area contributed by atoms with Crippen molar-refractivity contribution in [2.45, 2.75) is 70.9 Å². The Labute approximate surface area is 209 Å². The van der Waals surface area contributed by atoms with Crippen molar-refractivity contribution in [3.05, 3.63) is 70.5 Å². The van der Waals surface area contributed by atoms with Crippen LogP contribution in [-0.2, 0) is 17.8 Å². The molecule has 0 amide bonds. The molecular weight excluding hydrogens is 454 g/mol. The number of benzene rings is 1. The molecule has 1 unspecified atom stereocenters. The Morgan fingerprint density at radius 1 is 1.06 bits per heavy atom. The summed E-state index contributed by atoms with van der Waals surface area (Å²) in [6.45, 7) is 2.57. The van der Waals surface area contributed by atoms with Gasteiger partial charge >= 0.3 is 5.69 Å². The average molecular weight is 486 g/mol. The molecule has 0 bridgehead atoms. The Morgan fingerprint density at radius 3 is 2.67 bits per heavy atom. The van der Waals surface area contributed by atoms with Crippen LogP contribution in [0.15, 0.2) is 53.6 Å². The Balaban J connectivity index is 1.44. The zero-order chi connectivity index (χ0) is 24.9. The number of imidazole rings is 1. The quantitative estimate of drug-likeness (QED) is 0.371. The minimum atomic E-state index is -0.343. The van der Waals surface area contributed by atoms with Gasteiger partial charge in [0.2, 0.25) is 0 Å². The van der Waals surface area contributed by atoms with E-state index in [0.717, 1.165) is 73.0 Å². The van der Waals surface area contributed by atoms with Crippen LogP contribution in [0.25, 0.3) is 22.6 Å². The molecule has 0 aliphatic heterocycles. The van der Waals surface area contributed by atoms with Crippen LogP contribution < -0.4 is 5.69 Å². The Kier molecular flexibility index (Phi) is 7.16. The van der Waals surface area contributed by atoms with Crippen LogP contribution in [0.4, 0.5) is 0 Å². The highest BCUT2D eigenvalue weighted by Gasteiger charge is 2.26. The lowest BCUT2D eigenvalue weighted by molar-refractivity contribution is -0.122. The lowest BCUT2D eigenvalue weighted by atomic mass is 10.0. The van der Waals surface area contributed by atoms with Crippen molar-refractivity contribution >= 4 is 5.78 Å². The zero-order valence-corrected chi connectivity index (χ0v) is 20.6. The lowest BCUT2D eigenvalue weighted by Crippen LogP contribution is -2.31. The summed E-state index contributed by atoms with van der Waals surface area (Å²) in [6, 6.07) is 11.4. The normalized spacial score (nSPS) is 16.2. The Morgan fingerprint density at radius 2 is 1.92 bits per heavy atom. The fourth-order valence-corrected chi connectivity index (χ4v) is 4.98. The number of hydrogen-bond donors (Lipinski definition) is 1. The highest BCUT2D eigenvalue weighted by atomic mass is 16.2. The number of carbonyl (C=O) groups is 1. The van der Waals surface area contributed by atoms with Gasteiger partial charge in [-0.25, -0.2) is 9.89 Å². The van der Waals surface area contributed by atoms with Crippen LogP contribution in [0, 0.1) is 0 Å². The maximum atomic E-state index is 13.5. The summed E-state index contributed by atoms with van der Waals surface area (Å²) in [7, 11) is 0. The Hall–Kier alpha value is -3.88. The van der Waals surface area contributed by atoms with E-state index in [4.69, 9.17) is 4.98 Å². The number of nitrogens with one attached hydrogen (secondary N) is 1. The number of unbranched alkanes of at least 4 members (excludes halogenated alkanes) is 1. The van der Waals surface area contributed by atoms with Gasteiger partial charge in [-0.05, 0) is 47.7 Å². The molecule has 9 heteroatoms. The number of carbonyl (C=O) groups excluding carboxylic acids is 1. The molecule has 3 aromatic heterocycles. The van der Waals surface area contributed by atoms with Crippen LogP contribution in [0.2, 0.25) is 0 Å². The van der Waals surface area contributed by atoms with E-state index in [2.05, 4.69) is 27.5 Å². The fourth-order valence-electron chi connectivity index (χ4n) is 4.98. The van der Waals surface area contributed by atoms with E-state index in [0.29, 0.717) is 18.8 Å². The molecule has 1 aromatic carbocycles. The van der Waals surface area contributed by atoms with Gasteiger partial charge in [-0.15, -0.1) is 5.10 Å². The molecule has 1 fully saturated rings. The average Bonchev–Trinajstić information content (AvgIpc) is 3.48. The molecule has 1 aliphatic carbocycles. The first-order valence-electron chi connectivity index (χ1n) is 12.8. The summed E-state index contributed by atoms with van der Waals surface area (Å²) in [6.07, 6.45) is 10.8. The zero-order valence-electron chi connectivity index (χ0n) is 20.6. The third-order valence-corrected chi connectivity index (χ3v) is 6.95. The predicted molar refractivity (Wildman–Crippen MR) is 136 cm³/mol. The second-order valence-electron chi connectivity index (χ2n) is 9.43. The topological polar surface area (TPSA) is 111 Å². The van der Waals surface area contributed by atoms with Crippen LogP contribution in [0.1, 0.15) is 69.2 Å². The molecule has 186 valence electrons. The van der Waals surface area contributed by atoms with Gasteiger partial charge in [0.15, 0.2) is 11.6 Å². The number of hydrogen-bond acceptors (Lipinski definition) is 6. The molecule has 5 rings (SSSR count). The molecule has 3 heterocycles. The number of ketones is 1. The third kappa shape index (κ3) is 4.91. The molecule has 1 N–H and O–H groups in total. The van der Waals surface area contributed by atoms with Gasteiger partial charge in [-0.3, -0.25) is 18.9 Å². The molecule has 1 atom stereocenters. The van der Waals surface area contributed by atoms with Crippen molar-refractivity contribution in [1.82, 2.24) is 34.7 Å². The van der Waals surface area contributed by atoms with Crippen molar-refractivity contribution in [2.75, 3.05) is 0 Å². The van der Waals surface area contributed by atoms with Gasteiger partial charge < -0.3 is 0 Å². The largest absolute Gasteiger partial charge is 0.329 e. The van der Waals surface area contributed by atoms with E-state index in [1.807, 2.05) is 53.4 Å². The van der Waals surface area contributed by atoms with Crippen molar-refractivity contribution in [3.63, 3.8) is 0 Å². The van der Waals surface area contributed by atoms with Crippen LogP contribution in [0.5, 0.6) is 0 Å². The van der Waals surface area contributed by atoms with Crippen molar-refractivity contribution in [1.29, 1.82) is 0 Å². The van der Waals surface area contributed by atoms with Gasteiger partial charge in [0.25, 0.3) is 0 Å². The summed E-state index contributed by atoms with van der Waals surface area (Å²) in [5.41, 5.74) is 4.39. The second-order valence-corrected chi connectivity index (χ2v) is 9.43. The molecule has 1 saturated carbocycles. The molecule has 36 heavy (non-hydrogen) atoms. The highest BCUT2D eigenvalue weighted by molar-refractivity contribution is 5.82. The first-order chi connectivity index (χ1) is 17.7. The van der Waals surface area contributed by atoms with Gasteiger partial charge in [0.1, 0.15) is 0 Å². The fraction of sp³-hybridized carbons (Fsp3) is 0.407. The number of tetrazole rings is 1. The lowest BCUT2D eigenvalue weighted by Gasteiger charge is -2.13. The number of aryl methyl sites for hydroxylation is 1. The van der Waals surface area contributed by atoms with Gasteiger partial charge in [-0.1, -0.05) is 56.5 Å². The number of nitrogens with zero attached hydrogens (tertiary/aromatic N) is 6.